The molecule has 0 radical (unpaired) electrons. The highest BCUT2D eigenvalue weighted by molar-refractivity contribution is 5.06. The Balaban J connectivity index is 1.88. The molecule has 4 aliphatic carbocycles. The van der Waals surface area contributed by atoms with Gasteiger partial charge in [0.1, 0.15) is 0 Å². The van der Waals surface area contributed by atoms with Crippen LogP contribution >= 0.6 is 0 Å². The lowest BCUT2D eigenvalue weighted by atomic mass is 9.46. The van der Waals surface area contributed by atoms with E-state index in [9.17, 15) is 5.11 Å². The molecule has 1 nitrogen and oxygen atoms in total. The van der Waals surface area contributed by atoms with Crippen LogP contribution in [0.3, 0.4) is 0 Å². The predicted octanol–water partition coefficient (Wildman–Crippen LogP) is 3.61. The minimum absolute atomic E-state index is 0.0612. The maximum absolute atomic E-state index is 10.8. The molecule has 0 aromatic heterocycles. The van der Waals surface area contributed by atoms with Gasteiger partial charge in [-0.3, -0.25) is 0 Å². The van der Waals surface area contributed by atoms with Crippen LogP contribution in [0.15, 0.2) is 0 Å². The molecule has 0 aromatic carbocycles. The van der Waals surface area contributed by atoms with Gasteiger partial charge in [0, 0.05) is 0 Å². The van der Waals surface area contributed by atoms with Crippen molar-refractivity contribution < 1.29 is 5.11 Å². The minimum atomic E-state index is -0.0894. The van der Waals surface area contributed by atoms with Crippen LogP contribution < -0.4 is 0 Å². The van der Waals surface area contributed by atoms with Crippen molar-refractivity contribution >= 4 is 0 Å². The lowest BCUT2D eigenvalue weighted by molar-refractivity contribution is -0.152. The molecule has 0 aromatic rings. The van der Waals surface area contributed by atoms with Crippen molar-refractivity contribution in [3.8, 4) is 0 Å². The quantitative estimate of drug-likeness (QED) is 0.718. The van der Waals surface area contributed by atoms with E-state index >= 15 is 0 Å². The molecule has 4 rings (SSSR count). The summed E-state index contributed by atoms with van der Waals surface area (Å²) in [6, 6.07) is 0. The smallest absolute Gasteiger partial charge is 0.0644 e. The van der Waals surface area contributed by atoms with E-state index in [1.165, 1.54) is 38.5 Å². The van der Waals surface area contributed by atoms with Gasteiger partial charge in [-0.25, -0.2) is 0 Å². The van der Waals surface area contributed by atoms with E-state index in [0.29, 0.717) is 5.41 Å². The van der Waals surface area contributed by atoms with Crippen LogP contribution in [0, 0.1) is 28.6 Å². The molecule has 0 saturated heterocycles. The average molecular weight is 222 g/mol. The summed E-state index contributed by atoms with van der Waals surface area (Å²) >= 11 is 0. The highest BCUT2D eigenvalue weighted by atomic mass is 16.3. The summed E-state index contributed by atoms with van der Waals surface area (Å²) in [5.41, 5.74) is 0.360. The average Bonchev–Trinajstić information content (AvgIpc) is 2.12. The van der Waals surface area contributed by atoms with Gasteiger partial charge < -0.3 is 5.11 Å². The van der Waals surface area contributed by atoms with E-state index in [4.69, 9.17) is 0 Å². The topological polar surface area (TPSA) is 20.2 Å². The summed E-state index contributed by atoms with van der Waals surface area (Å²) in [7, 11) is 0. The van der Waals surface area contributed by atoms with Crippen molar-refractivity contribution in [2.24, 2.45) is 28.6 Å². The van der Waals surface area contributed by atoms with Crippen LogP contribution in [-0.4, -0.2) is 11.2 Å². The second kappa shape index (κ2) is 3.25. The molecule has 0 aliphatic heterocycles. The first-order chi connectivity index (χ1) is 7.39. The molecule has 0 spiro atoms. The van der Waals surface area contributed by atoms with E-state index in [1.54, 1.807) is 0 Å². The highest BCUT2D eigenvalue weighted by Gasteiger charge is 2.55. The van der Waals surface area contributed by atoms with Crippen molar-refractivity contribution in [1.29, 1.82) is 0 Å². The summed E-state index contributed by atoms with van der Waals surface area (Å²) in [6.07, 6.45) is 8.27. The zero-order valence-corrected chi connectivity index (χ0v) is 11.0. The lowest BCUT2D eigenvalue weighted by Gasteiger charge is -2.60. The number of rotatable bonds is 1. The fourth-order valence-corrected chi connectivity index (χ4v) is 5.43. The number of hydrogen-bond acceptors (Lipinski definition) is 1. The van der Waals surface area contributed by atoms with Gasteiger partial charge in [0.05, 0.1) is 6.10 Å². The molecule has 92 valence electrons. The Kier molecular flexibility index (Phi) is 2.25. The monoisotopic (exact) mass is 222 g/mol. The predicted molar refractivity (Wildman–Crippen MR) is 66.1 cm³/mol. The minimum Gasteiger partial charge on any atom is -0.392 e. The molecule has 1 N–H and O–H groups in total. The van der Waals surface area contributed by atoms with E-state index in [0.717, 1.165) is 17.8 Å². The molecule has 0 amide bonds. The van der Waals surface area contributed by atoms with E-state index in [2.05, 4.69) is 20.8 Å². The van der Waals surface area contributed by atoms with Crippen molar-refractivity contribution in [3.63, 3.8) is 0 Å². The lowest BCUT2D eigenvalue weighted by Crippen LogP contribution is -2.55. The van der Waals surface area contributed by atoms with Gasteiger partial charge in [0.25, 0.3) is 0 Å². The van der Waals surface area contributed by atoms with Gasteiger partial charge in [-0.05, 0) is 67.1 Å². The number of aliphatic hydroxyl groups is 1. The van der Waals surface area contributed by atoms with Crippen LogP contribution in [0.25, 0.3) is 0 Å². The van der Waals surface area contributed by atoms with Crippen LogP contribution in [0.1, 0.15) is 59.3 Å². The number of aliphatic hydroxyl groups excluding tert-OH is 1. The molecule has 16 heavy (non-hydrogen) atoms. The second-order valence-corrected chi connectivity index (χ2v) is 8.05. The van der Waals surface area contributed by atoms with Gasteiger partial charge in [-0.1, -0.05) is 20.8 Å². The molecule has 1 atom stereocenters. The van der Waals surface area contributed by atoms with Crippen molar-refractivity contribution in [2.45, 2.75) is 65.4 Å². The van der Waals surface area contributed by atoms with Crippen LogP contribution in [0.5, 0.6) is 0 Å². The summed E-state index contributed by atoms with van der Waals surface area (Å²) < 4.78 is 0. The van der Waals surface area contributed by atoms with Crippen molar-refractivity contribution in [1.82, 2.24) is 0 Å². The molecule has 4 bridgehead atoms. The first kappa shape index (κ1) is 11.1. The highest BCUT2D eigenvalue weighted by Crippen LogP contribution is 2.62. The van der Waals surface area contributed by atoms with E-state index in [-0.39, 0.29) is 11.5 Å². The van der Waals surface area contributed by atoms with Crippen molar-refractivity contribution in [3.05, 3.63) is 0 Å². The molecule has 1 unspecified atom stereocenters. The van der Waals surface area contributed by atoms with Crippen LogP contribution in [-0.2, 0) is 0 Å². The molecule has 0 heterocycles. The first-order valence-corrected chi connectivity index (χ1v) is 7.07. The molecular weight excluding hydrogens is 196 g/mol. The normalized spacial score (nSPS) is 48.4. The Morgan fingerprint density at radius 3 is 1.62 bits per heavy atom. The third-order valence-corrected chi connectivity index (χ3v) is 5.49. The zero-order valence-electron chi connectivity index (χ0n) is 11.0. The Morgan fingerprint density at radius 1 is 0.938 bits per heavy atom. The van der Waals surface area contributed by atoms with E-state index in [1.807, 2.05) is 0 Å². The van der Waals surface area contributed by atoms with Gasteiger partial charge in [-0.2, -0.15) is 0 Å². The van der Waals surface area contributed by atoms with Gasteiger partial charge in [0.15, 0.2) is 0 Å². The Bertz CT molecular complexity index is 251. The summed E-state index contributed by atoms with van der Waals surface area (Å²) in [6.45, 7) is 6.61. The number of hydrogen-bond donors (Lipinski definition) is 1. The Labute approximate surface area is 99.6 Å². The Hall–Kier alpha value is -0.0400. The molecular formula is C15H26O. The summed E-state index contributed by atoms with van der Waals surface area (Å²) in [5.74, 6) is 2.84. The van der Waals surface area contributed by atoms with Gasteiger partial charge >= 0.3 is 0 Å². The maximum Gasteiger partial charge on any atom is 0.0644 e. The van der Waals surface area contributed by atoms with E-state index < -0.39 is 0 Å². The molecule has 4 saturated carbocycles. The van der Waals surface area contributed by atoms with Gasteiger partial charge in [-0.15, -0.1) is 0 Å². The van der Waals surface area contributed by atoms with Crippen LogP contribution in [0.4, 0.5) is 0 Å². The Morgan fingerprint density at radius 2 is 1.31 bits per heavy atom. The first-order valence-electron chi connectivity index (χ1n) is 7.07. The fourth-order valence-electron chi connectivity index (χ4n) is 5.43. The summed E-state index contributed by atoms with van der Waals surface area (Å²) in [4.78, 5) is 0. The van der Waals surface area contributed by atoms with Gasteiger partial charge in [0.2, 0.25) is 0 Å². The largest absolute Gasteiger partial charge is 0.392 e. The molecule has 4 aliphatic rings. The summed E-state index contributed by atoms with van der Waals surface area (Å²) in [5, 5.41) is 10.8. The van der Waals surface area contributed by atoms with Crippen molar-refractivity contribution in [2.75, 3.05) is 0 Å². The third kappa shape index (κ3) is 1.54. The molecule has 1 heteroatoms. The fraction of sp³-hybridized carbons (Fsp3) is 1.00. The second-order valence-electron chi connectivity index (χ2n) is 8.05. The SMILES string of the molecule is CC(C)(C)C(O)C12CC3CC(CC(C3)C1)C2. The standard InChI is InChI=1S/C15H26O/c1-14(2,3)13(16)15-7-10-4-11(8-15)6-12(5-10)9-15/h10-13,16H,4-9H2,1-3H3. The third-order valence-electron chi connectivity index (χ3n) is 5.49. The maximum atomic E-state index is 10.8. The zero-order chi connectivity index (χ0) is 11.6. The van der Waals surface area contributed by atoms with Crippen LogP contribution in [0.2, 0.25) is 0 Å². The molecule has 4 fully saturated rings.